The van der Waals surface area contributed by atoms with Gasteiger partial charge in [-0.05, 0) is 36.4 Å². The molecule has 0 bridgehead atoms. The zero-order chi connectivity index (χ0) is 17.4. The van der Waals surface area contributed by atoms with Crippen LogP contribution in [0, 0.1) is 0 Å². The fourth-order valence-electron chi connectivity index (χ4n) is 1.78. The molecule has 1 unspecified atom stereocenters. The van der Waals surface area contributed by atoms with Gasteiger partial charge in [0.05, 0.1) is 10.6 Å². The van der Waals surface area contributed by atoms with Crippen LogP contribution in [0.25, 0.3) is 0 Å². The second-order valence-electron chi connectivity index (χ2n) is 4.60. The molecule has 0 spiro atoms. The first-order valence-corrected chi connectivity index (χ1v) is 9.06. The maximum absolute atomic E-state index is 14.0. The number of alkyl halides is 1. The molecule has 5 N–H and O–H groups in total. The predicted molar refractivity (Wildman–Crippen MR) is 80.4 cm³/mol. The van der Waals surface area contributed by atoms with Crippen molar-refractivity contribution in [3.63, 3.8) is 0 Å². The van der Waals surface area contributed by atoms with Crippen LogP contribution in [0.4, 0.5) is 10.1 Å². The Morgan fingerprint density at radius 3 is 2.13 bits per heavy atom. The molecule has 0 aliphatic heterocycles. The number of primary sulfonamides is 1. The van der Waals surface area contributed by atoms with E-state index < -0.39 is 42.6 Å². The molecule has 0 saturated heterocycles. The molecule has 0 amide bonds. The van der Waals surface area contributed by atoms with E-state index in [4.69, 9.17) is 10.9 Å². The SMILES string of the molecule is Nc1ccc(S(=O)(=O)NC2=CC=C(S(N)(=O)=O)C(=O)C2F)cc1. The van der Waals surface area contributed by atoms with Crippen molar-refractivity contribution in [2.75, 3.05) is 5.73 Å². The van der Waals surface area contributed by atoms with Gasteiger partial charge in [-0.1, -0.05) is 0 Å². The Hall–Kier alpha value is -2.24. The number of halogens is 1. The molecule has 0 saturated carbocycles. The van der Waals surface area contributed by atoms with E-state index in [0.29, 0.717) is 5.69 Å². The molecule has 11 heteroatoms. The highest BCUT2D eigenvalue weighted by Gasteiger charge is 2.35. The van der Waals surface area contributed by atoms with Gasteiger partial charge in [0.15, 0.2) is 0 Å². The molecule has 1 aliphatic rings. The van der Waals surface area contributed by atoms with Gasteiger partial charge in [-0.3, -0.25) is 9.52 Å². The fraction of sp³-hybridized carbons (Fsp3) is 0.0833. The average molecular weight is 361 g/mol. The lowest BCUT2D eigenvalue weighted by Gasteiger charge is -2.18. The summed E-state index contributed by atoms with van der Waals surface area (Å²) >= 11 is 0. The number of hydrogen-bond donors (Lipinski definition) is 3. The van der Waals surface area contributed by atoms with Gasteiger partial charge in [-0.15, -0.1) is 0 Å². The lowest BCUT2D eigenvalue weighted by molar-refractivity contribution is -0.118. The first-order valence-electron chi connectivity index (χ1n) is 6.04. The van der Waals surface area contributed by atoms with E-state index in [1.54, 1.807) is 0 Å². The number of ketones is 1. The first kappa shape index (κ1) is 17.1. The summed E-state index contributed by atoms with van der Waals surface area (Å²) < 4.78 is 62.4. The molecule has 0 aromatic heterocycles. The number of carbonyl (C=O) groups excluding carboxylic acids is 1. The molecule has 124 valence electrons. The number of allylic oxidation sites excluding steroid dienone is 4. The second kappa shape index (κ2) is 5.76. The van der Waals surface area contributed by atoms with Crippen LogP contribution in [0.15, 0.2) is 51.9 Å². The van der Waals surface area contributed by atoms with Crippen LogP contribution in [0.2, 0.25) is 0 Å². The van der Waals surface area contributed by atoms with E-state index >= 15 is 0 Å². The van der Waals surface area contributed by atoms with Crippen molar-refractivity contribution in [1.29, 1.82) is 0 Å². The number of rotatable bonds is 4. The molecule has 8 nitrogen and oxygen atoms in total. The number of nitrogens with one attached hydrogen (secondary N) is 1. The highest BCUT2D eigenvalue weighted by atomic mass is 32.2. The monoisotopic (exact) mass is 361 g/mol. The van der Waals surface area contributed by atoms with Gasteiger partial charge in [-0.2, -0.15) is 0 Å². The molecular weight excluding hydrogens is 349 g/mol. The molecule has 0 heterocycles. The molecule has 0 fully saturated rings. The van der Waals surface area contributed by atoms with Gasteiger partial charge >= 0.3 is 0 Å². The number of nitrogens with two attached hydrogens (primary N) is 2. The van der Waals surface area contributed by atoms with E-state index in [0.717, 1.165) is 12.2 Å². The van der Waals surface area contributed by atoms with Gasteiger partial charge in [0, 0.05) is 5.69 Å². The summed E-state index contributed by atoms with van der Waals surface area (Å²) in [4.78, 5) is 10.5. The van der Waals surface area contributed by atoms with E-state index in [1.165, 1.54) is 24.3 Å². The standard InChI is InChI=1S/C12H12FN3O5S2/c13-11-9(5-6-10(12(11)17)22(15,18)19)16-23(20,21)8-3-1-7(14)2-4-8/h1-6,11,16H,14H2,(H2,15,18,19). The van der Waals surface area contributed by atoms with Crippen LogP contribution in [0.3, 0.4) is 0 Å². The molecule has 1 aliphatic carbocycles. The summed E-state index contributed by atoms with van der Waals surface area (Å²) in [5, 5.41) is 4.78. The van der Waals surface area contributed by atoms with Gasteiger partial charge < -0.3 is 5.73 Å². The van der Waals surface area contributed by atoms with E-state index in [1.807, 2.05) is 4.72 Å². The normalized spacial score (nSPS) is 19.0. The van der Waals surface area contributed by atoms with Crippen LogP contribution in [-0.2, 0) is 24.8 Å². The number of nitrogen functional groups attached to an aromatic ring is 1. The Bertz CT molecular complexity index is 918. The minimum Gasteiger partial charge on any atom is -0.399 e. The van der Waals surface area contributed by atoms with Crippen molar-refractivity contribution < 1.29 is 26.0 Å². The maximum Gasteiger partial charge on any atom is 0.261 e. The zero-order valence-electron chi connectivity index (χ0n) is 11.4. The smallest absolute Gasteiger partial charge is 0.261 e. The number of Topliss-reactive ketones (excluding diaryl/α,β-unsaturated/α-hetero) is 1. The van der Waals surface area contributed by atoms with Crippen molar-refractivity contribution >= 4 is 31.5 Å². The Balaban J connectivity index is 2.36. The topological polar surface area (TPSA) is 149 Å². The van der Waals surface area contributed by atoms with Crippen molar-refractivity contribution in [2.24, 2.45) is 5.14 Å². The summed E-state index contributed by atoms with van der Waals surface area (Å²) in [7, 11) is -8.56. The Labute approximate surface area is 131 Å². The lowest BCUT2D eigenvalue weighted by Crippen LogP contribution is -2.37. The zero-order valence-corrected chi connectivity index (χ0v) is 13.1. The summed E-state index contributed by atoms with van der Waals surface area (Å²) in [6.07, 6.45) is -0.910. The number of carbonyl (C=O) groups is 1. The molecule has 1 atom stereocenters. The van der Waals surface area contributed by atoms with Crippen molar-refractivity contribution in [1.82, 2.24) is 4.72 Å². The van der Waals surface area contributed by atoms with E-state index in [2.05, 4.69) is 0 Å². The van der Waals surface area contributed by atoms with Gasteiger partial charge in [0.1, 0.15) is 4.91 Å². The molecule has 23 heavy (non-hydrogen) atoms. The van der Waals surface area contributed by atoms with Crippen LogP contribution in [-0.4, -0.2) is 28.8 Å². The van der Waals surface area contributed by atoms with Gasteiger partial charge in [-0.25, -0.2) is 26.4 Å². The highest BCUT2D eigenvalue weighted by Crippen LogP contribution is 2.22. The minimum atomic E-state index is -4.40. The Morgan fingerprint density at radius 1 is 1.04 bits per heavy atom. The summed E-state index contributed by atoms with van der Waals surface area (Å²) in [5.74, 6) is -1.44. The fourth-order valence-corrected chi connectivity index (χ4v) is 3.52. The third-order valence-corrected chi connectivity index (χ3v) is 5.26. The Kier molecular flexibility index (Phi) is 4.28. The summed E-state index contributed by atoms with van der Waals surface area (Å²) in [6.45, 7) is 0. The van der Waals surface area contributed by atoms with Gasteiger partial charge in [0.25, 0.3) is 10.0 Å². The van der Waals surface area contributed by atoms with Gasteiger partial charge in [0.2, 0.25) is 22.0 Å². The van der Waals surface area contributed by atoms with Crippen molar-refractivity contribution in [3.8, 4) is 0 Å². The van der Waals surface area contributed by atoms with E-state index in [-0.39, 0.29) is 4.90 Å². The van der Waals surface area contributed by atoms with Crippen LogP contribution in [0.1, 0.15) is 0 Å². The maximum atomic E-state index is 14.0. The third kappa shape index (κ3) is 3.57. The molecular formula is C12H12FN3O5S2. The van der Waals surface area contributed by atoms with Crippen LogP contribution < -0.4 is 15.6 Å². The largest absolute Gasteiger partial charge is 0.399 e. The van der Waals surface area contributed by atoms with Crippen molar-refractivity contribution in [3.05, 3.63) is 47.0 Å². The lowest BCUT2D eigenvalue weighted by atomic mass is 10.1. The number of benzene rings is 1. The number of hydrogen-bond acceptors (Lipinski definition) is 6. The number of anilines is 1. The predicted octanol–water partition coefficient (Wildman–Crippen LogP) is -0.476. The molecule has 1 aromatic rings. The molecule has 1 aromatic carbocycles. The first-order chi connectivity index (χ1) is 10.5. The molecule has 2 rings (SSSR count). The average Bonchev–Trinajstić information content (AvgIpc) is 2.43. The summed E-state index contributed by atoms with van der Waals surface area (Å²) in [6, 6.07) is 5.06. The molecule has 0 radical (unpaired) electrons. The quantitative estimate of drug-likeness (QED) is 0.617. The second-order valence-corrected chi connectivity index (χ2v) is 7.81. The Morgan fingerprint density at radius 2 is 1.61 bits per heavy atom. The number of sulfonamides is 2. The van der Waals surface area contributed by atoms with Crippen LogP contribution in [0.5, 0.6) is 0 Å². The van der Waals surface area contributed by atoms with E-state index in [9.17, 15) is 26.0 Å². The van der Waals surface area contributed by atoms with Crippen molar-refractivity contribution in [2.45, 2.75) is 11.1 Å². The van der Waals surface area contributed by atoms with Crippen LogP contribution >= 0.6 is 0 Å². The highest BCUT2D eigenvalue weighted by molar-refractivity contribution is 7.94. The summed E-state index contributed by atoms with van der Waals surface area (Å²) in [5.41, 5.74) is 5.16. The minimum absolute atomic E-state index is 0.200. The third-order valence-electron chi connectivity index (χ3n) is 2.91.